The standard InChI is InChI=1S/C10H11N5O5P/c11-8-5-9(13-2-12-8)15(3-14-5)10-6(16)7-4(19-10)1-18-21(17)20-7/h2-4,6-7,10,16H,1H2,(H2,11,12,13)/q+1/t4-,6+,7-,10-/m1/s1. The lowest BCUT2D eigenvalue weighted by Gasteiger charge is -2.16. The monoisotopic (exact) mass is 312 g/mol. The number of nitrogen functional groups attached to an aromatic ring is 1. The number of hydrogen-bond donors (Lipinski definition) is 2. The normalized spacial score (nSPS) is 34.2. The Morgan fingerprint density at radius 1 is 1.43 bits per heavy atom. The molecular formula is C10H11N5O5P+. The van der Waals surface area contributed by atoms with Gasteiger partial charge in [-0.2, -0.15) is 0 Å². The molecule has 2 aliphatic heterocycles. The lowest BCUT2D eigenvalue weighted by molar-refractivity contribution is -0.0553. The van der Waals surface area contributed by atoms with Crippen molar-refractivity contribution in [3.05, 3.63) is 12.7 Å². The van der Waals surface area contributed by atoms with E-state index in [9.17, 15) is 9.67 Å². The molecule has 5 atom stereocenters. The molecule has 10 nitrogen and oxygen atoms in total. The van der Waals surface area contributed by atoms with E-state index in [-0.39, 0.29) is 12.4 Å². The molecule has 2 aromatic heterocycles. The van der Waals surface area contributed by atoms with E-state index in [1.807, 2.05) is 0 Å². The number of ether oxygens (including phenoxy) is 1. The molecule has 2 aliphatic rings. The first-order valence-electron chi connectivity index (χ1n) is 6.18. The predicted octanol–water partition coefficient (Wildman–Crippen LogP) is -0.260. The number of aliphatic hydroxyl groups is 1. The van der Waals surface area contributed by atoms with Gasteiger partial charge in [-0.3, -0.25) is 4.57 Å². The summed E-state index contributed by atoms with van der Waals surface area (Å²) in [5.41, 5.74) is 6.59. The average Bonchev–Trinajstić information content (AvgIpc) is 3.02. The number of nitrogens with two attached hydrogens (primary N) is 1. The van der Waals surface area contributed by atoms with Gasteiger partial charge in [0.15, 0.2) is 23.8 Å². The van der Waals surface area contributed by atoms with E-state index in [2.05, 4.69) is 15.0 Å². The third-order valence-electron chi connectivity index (χ3n) is 3.52. The number of nitrogens with zero attached hydrogens (tertiary/aromatic N) is 4. The van der Waals surface area contributed by atoms with E-state index in [1.165, 1.54) is 12.7 Å². The molecule has 0 bridgehead atoms. The van der Waals surface area contributed by atoms with Crippen molar-refractivity contribution in [2.75, 3.05) is 12.3 Å². The van der Waals surface area contributed by atoms with Crippen LogP contribution in [0, 0.1) is 0 Å². The first-order valence-corrected chi connectivity index (χ1v) is 7.28. The zero-order chi connectivity index (χ0) is 14.6. The Morgan fingerprint density at radius 2 is 2.29 bits per heavy atom. The number of imidazole rings is 1. The molecule has 3 N–H and O–H groups in total. The summed E-state index contributed by atoms with van der Waals surface area (Å²) < 4.78 is 28.5. The minimum atomic E-state index is -2.23. The van der Waals surface area contributed by atoms with Gasteiger partial charge >= 0.3 is 8.25 Å². The molecule has 21 heavy (non-hydrogen) atoms. The summed E-state index contributed by atoms with van der Waals surface area (Å²) in [6, 6.07) is 0. The van der Waals surface area contributed by atoms with Gasteiger partial charge in [0.25, 0.3) is 0 Å². The Labute approximate surface area is 118 Å². The molecule has 0 amide bonds. The molecule has 110 valence electrons. The fraction of sp³-hybridized carbons (Fsp3) is 0.500. The highest BCUT2D eigenvalue weighted by atomic mass is 31.1. The molecule has 0 aliphatic carbocycles. The number of anilines is 1. The van der Waals surface area contributed by atoms with E-state index in [0.29, 0.717) is 11.2 Å². The average molecular weight is 312 g/mol. The molecular weight excluding hydrogens is 301 g/mol. The van der Waals surface area contributed by atoms with Gasteiger partial charge in [-0.15, -0.1) is 9.05 Å². The Morgan fingerprint density at radius 3 is 3.14 bits per heavy atom. The maximum Gasteiger partial charge on any atom is 0.697 e. The summed E-state index contributed by atoms with van der Waals surface area (Å²) >= 11 is 0. The van der Waals surface area contributed by atoms with Gasteiger partial charge < -0.3 is 15.6 Å². The van der Waals surface area contributed by atoms with Crippen LogP contribution in [0.25, 0.3) is 11.2 Å². The predicted molar refractivity (Wildman–Crippen MR) is 68.1 cm³/mol. The molecule has 2 fully saturated rings. The minimum absolute atomic E-state index is 0.0944. The summed E-state index contributed by atoms with van der Waals surface area (Å²) in [5.74, 6) is 0.242. The number of rotatable bonds is 1. The van der Waals surface area contributed by atoms with Crippen LogP contribution in [0.3, 0.4) is 0 Å². The van der Waals surface area contributed by atoms with Crippen LogP contribution in [0.5, 0.6) is 0 Å². The highest BCUT2D eigenvalue weighted by Crippen LogP contribution is 2.42. The Balaban J connectivity index is 1.73. The van der Waals surface area contributed by atoms with Gasteiger partial charge in [-0.05, 0) is 0 Å². The van der Waals surface area contributed by atoms with Crippen molar-refractivity contribution >= 4 is 25.2 Å². The quantitative estimate of drug-likeness (QED) is 0.682. The van der Waals surface area contributed by atoms with Crippen LogP contribution in [-0.2, 0) is 18.3 Å². The van der Waals surface area contributed by atoms with Crippen molar-refractivity contribution in [1.29, 1.82) is 0 Å². The molecule has 11 heteroatoms. The smallest absolute Gasteiger partial charge is 0.385 e. The van der Waals surface area contributed by atoms with E-state index < -0.39 is 32.8 Å². The molecule has 0 spiro atoms. The van der Waals surface area contributed by atoms with Crippen molar-refractivity contribution in [3.8, 4) is 0 Å². The van der Waals surface area contributed by atoms with E-state index in [1.54, 1.807) is 4.57 Å². The van der Waals surface area contributed by atoms with Crippen LogP contribution in [0.15, 0.2) is 12.7 Å². The van der Waals surface area contributed by atoms with Crippen LogP contribution in [-0.4, -0.2) is 49.5 Å². The van der Waals surface area contributed by atoms with Crippen LogP contribution in [0.2, 0.25) is 0 Å². The second-order valence-electron chi connectivity index (χ2n) is 4.73. The van der Waals surface area contributed by atoms with Gasteiger partial charge in [0.2, 0.25) is 0 Å². The Kier molecular flexibility index (Phi) is 2.88. The van der Waals surface area contributed by atoms with Crippen LogP contribution < -0.4 is 5.73 Å². The van der Waals surface area contributed by atoms with Gasteiger partial charge in [0, 0.05) is 4.57 Å². The fourth-order valence-corrected chi connectivity index (χ4v) is 3.32. The van der Waals surface area contributed by atoms with Gasteiger partial charge in [-0.25, -0.2) is 15.0 Å². The van der Waals surface area contributed by atoms with Crippen molar-refractivity contribution in [2.45, 2.75) is 24.5 Å². The summed E-state index contributed by atoms with van der Waals surface area (Å²) in [4.78, 5) is 12.1. The van der Waals surface area contributed by atoms with Gasteiger partial charge in [-0.1, -0.05) is 0 Å². The van der Waals surface area contributed by atoms with E-state index in [4.69, 9.17) is 19.5 Å². The third-order valence-corrected chi connectivity index (χ3v) is 4.30. The topological polar surface area (TPSA) is 135 Å². The second kappa shape index (κ2) is 4.65. The van der Waals surface area contributed by atoms with Crippen LogP contribution >= 0.6 is 8.25 Å². The Hall–Kier alpha value is -1.71. The molecule has 0 aromatic carbocycles. The number of fused-ring (bicyclic) bond motifs is 2. The molecule has 4 rings (SSSR count). The number of hydrogen-bond acceptors (Lipinski definition) is 9. The molecule has 0 saturated carbocycles. The summed E-state index contributed by atoms with van der Waals surface area (Å²) in [5, 5.41) is 10.3. The minimum Gasteiger partial charge on any atom is -0.385 e. The van der Waals surface area contributed by atoms with Gasteiger partial charge in [0.1, 0.15) is 30.7 Å². The van der Waals surface area contributed by atoms with Crippen molar-refractivity contribution in [3.63, 3.8) is 0 Å². The second-order valence-corrected chi connectivity index (χ2v) is 5.64. The molecule has 1 unspecified atom stereocenters. The number of aromatic nitrogens is 4. The van der Waals surface area contributed by atoms with Crippen LogP contribution in [0.4, 0.5) is 5.82 Å². The zero-order valence-corrected chi connectivity index (χ0v) is 11.5. The summed E-state index contributed by atoms with van der Waals surface area (Å²) in [7, 11) is -2.23. The highest BCUT2D eigenvalue weighted by molar-refractivity contribution is 7.33. The largest absolute Gasteiger partial charge is 0.697 e. The molecule has 0 radical (unpaired) electrons. The third kappa shape index (κ3) is 1.92. The molecule has 2 saturated heterocycles. The molecule has 4 heterocycles. The molecule has 2 aromatic rings. The summed E-state index contributed by atoms with van der Waals surface area (Å²) in [6.45, 7) is 0.0944. The Bertz CT molecular complexity index is 723. The van der Waals surface area contributed by atoms with Crippen LogP contribution in [0.1, 0.15) is 6.23 Å². The van der Waals surface area contributed by atoms with E-state index in [0.717, 1.165) is 0 Å². The summed E-state index contributed by atoms with van der Waals surface area (Å²) in [6.07, 6.45) is -0.253. The highest BCUT2D eigenvalue weighted by Gasteiger charge is 2.54. The zero-order valence-electron chi connectivity index (χ0n) is 10.6. The maximum atomic E-state index is 11.3. The van der Waals surface area contributed by atoms with E-state index >= 15 is 0 Å². The fourth-order valence-electron chi connectivity index (χ4n) is 2.53. The van der Waals surface area contributed by atoms with Crippen molar-refractivity contribution in [1.82, 2.24) is 19.5 Å². The first-order chi connectivity index (χ1) is 10.1. The lowest BCUT2D eigenvalue weighted by Crippen LogP contribution is -2.37. The number of aliphatic hydroxyl groups excluding tert-OH is 1. The maximum absolute atomic E-state index is 11.3. The first kappa shape index (κ1) is 13.0. The van der Waals surface area contributed by atoms with Crippen molar-refractivity contribution < 1.29 is 23.5 Å². The SMILES string of the molecule is Nc1ncnc2c1ncn2[C@@H]1O[C@@H]2CO[P+](=O)O[C@H]2[C@@H]1O. The van der Waals surface area contributed by atoms with Gasteiger partial charge in [0.05, 0.1) is 6.33 Å². The lowest BCUT2D eigenvalue weighted by atomic mass is 10.1. The van der Waals surface area contributed by atoms with Crippen molar-refractivity contribution in [2.24, 2.45) is 0 Å².